The van der Waals surface area contributed by atoms with E-state index in [9.17, 15) is 4.79 Å². The highest BCUT2D eigenvalue weighted by atomic mass is 32.2. The number of carbonyl (C=O) groups is 1. The zero-order chi connectivity index (χ0) is 17.8. The van der Waals surface area contributed by atoms with Gasteiger partial charge in [-0.3, -0.25) is 4.79 Å². The Morgan fingerprint density at radius 2 is 2.12 bits per heavy atom. The summed E-state index contributed by atoms with van der Waals surface area (Å²) in [4.78, 5) is 12.7. The molecule has 1 unspecified atom stereocenters. The van der Waals surface area contributed by atoms with Crippen LogP contribution in [0.15, 0.2) is 58.8 Å². The molecule has 1 atom stereocenters. The first kappa shape index (κ1) is 16.7. The molecular weight excluding hydrogens is 348 g/mol. The Bertz CT molecular complexity index is 873. The lowest BCUT2D eigenvalue weighted by Crippen LogP contribution is -2.28. The topological polar surface area (TPSA) is 76.3 Å². The van der Waals surface area contributed by atoms with Crippen molar-refractivity contribution in [2.45, 2.75) is 30.5 Å². The van der Waals surface area contributed by atoms with Gasteiger partial charge in [0.25, 0.3) is 5.91 Å². The fourth-order valence-electron chi connectivity index (χ4n) is 2.99. The molecule has 1 amide bonds. The van der Waals surface area contributed by atoms with Crippen LogP contribution in [0.5, 0.6) is 0 Å². The molecule has 0 radical (unpaired) electrons. The lowest BCUT2D eigenvalue weighted by atomic mass is 10.0. The van der Waals surface area contributed by atoms with Crippen molar-refractivity contribution < 1.29 is 4.79 Å². The van der Waals surface area contributed by atoms with Crippen molar-refractivity contribution in [1.29, 1.82) is 0 Å². The van der Waals surface area contributed by atoms with Crippen molar-refractivity contribution in [2.75, 3.05) is 5.75 Å². The number of hydrazone groups is 1. The van der Waals surface area contributed by atoms with Gasteiger partial charge in [0.05, 0.1) is 17.5 Å². The third-order valence-electron chi connectivity index (χ3n) is 4.26. The zero-order valence-electron chi connectivity index (χ0n) is 14.1. The maximum Gasteiger partial charge on any atom is 0.253 e. The van der Waals surface area contributed by atoms with E-state index in [-0.39, 0.29) is 17.7 Å². The zero-order valence-corrected chi connectivity index (χ0v) is 14.9. The number of hydrogen-bond acceptors (Lipinski definition) is 6. The van der Waals surface area contributed by atoms with E-state index in [0.717, 1.165) is 30.5 Å². The van der Waals surface area contributed by atoms with Gasteiger partial charge in [-0.25, -0.2) is 5.01 Å². The summed E-state index contributed by atoms with van der Waals surface area (Å²) >= 11 is 1.33. The second-order valence-corrected chi connectivity index (χ2v) is 6.91. The van der Waals surface area contributed by atoms with Crippen molar-refractivity contribution in [1.82, 2.24) is 25.2 Å². The summed E-state index contributed by atoms with van der Waals surface area (Å²) in [5, 5.41) is 18.3. The summed E-state index contributed by atoms with van der Waals surface area (Å²) in [5.74, 6) is 0.179. The SMILES string of the molecule is O=C(CSc1nnnn1C1=CCCC=C1)N1N=CCC1c1ccccc1. The van der Waals surface area contributed by atoms with E-state index in [1.54, 1.807) is 15.9 Å². The summed E-state index contributed by atoms with van der Waals surface area (Å²) in [6.07, 6.45) is 10.7. The summed E-state index contributed by atoms with van der Waals surface area (Å²) < 4.78 is 1.68. The summed E-state index contributed by atoms with van der Waals surface area (Å²) in [6, 6.07) is 9.93. The number of hydrogen-bond donors (Lipinski definition) is 0. The molecule has 132 valence electrons. The van der Waals surface area contributed by atoms with Crippen molar-refractivity contribution in [3.63, 3.8) is 0 Å². The summed E-state index contributed by atoms with van der Waals surface area (Å²) in [5.41, 5.74) is 2.03. The van der Waals surface area contributed by atoms with Gasteiger partial charge in [-0.1, -0.05) is 54.2 Å². The second-order valence-electron chi connectivity index (χ2n) is 5.97. The number of amides is 1. The minimum Gasteiger partial charge on any atom is -0.272 e. The molecule has 1 aliphatic heterocycles. The number of rotatable bonds is 5. The van der Waals surface area contributed by atoms with Crippen molar-refractivity contribution in [3.05, 3.63) is 54.1 Å². The van der Waals surface area contributed by atoms with Gasteiger partial charge in [-0.15, -0.1) is 5.10 Å². The smallest absolute Gasteiger partial charge is 0.253 e. The highest BCUT2D eigenvalue weighted by molar-refractivity contribution is 7.99. The van der Waals surface area contributed by atoms with Crippen LogP contribution in [0.4, 0.5) is 0 Å². The monoisotopic (exact) mass is 366 g/mol. The van der Waals surface area contributed by atoms with Gasteiger partial charge in [0.1, 0.15) is 0 Å². The van der Waals surface area contributed by atoms with E-state index in [1.165, 1.54) is 11.8 Å². The third kappa shape index (κ3) is 3.45. The molecule has 0 N–H and O–H groups in total. The van der Waals surface area contributed by atoms with Crippen LogP contribution in [0.1, 0.15) is 30.9 Å². The lowest BCUT2D eigenvalue weighted by molar-refractivity contribution is -0.130. The van der Waals surface area contributed by atoms with E-state index in [0.29, 0.717) is 5.16 Å². The summed E-state index contributed by atoms with van der Waals surface area (Å²) in [7, 11) is 0. The minimum absolute atomic E-state index is 0.0377. The third-order valence-corrected chi connectivity index (χ3v) is 5.16. The van der Waals surface area contributed by atoms with Crippen LogP contribution in [-0.2, 0) is 4.79 Å². The molecule has 4 rings (SSSR count). The Kier molecular flexibility index (Phi) is 4.92. The molecule has 0 saturated carbocycles. The van der Waals surface area contributed by atoms with E-state index < -0.39 is 0 Å². The molecule has 1 aromatic carbocycles. The van der Waals surface area contributed by atoms with Gasteiger partial charge in [-0.2, -0.15) is 9.78 Å². The van der Waals surface area contributed by atoms with Gasteiger partial charge in [-0.05, 0) is 34.9 Å². The molecule has 0 fully saturated rings. The fraction of sp³-hybridized carbons (Fsp3) is 0.278. The maximum atomic E-state index is 12.7. The molecule has 0 saturated heterocycles. The number of allylic oxidation sites excluding steroid dienone is 4. The number of aromatic nitrogens is 4. The van der Waals surface area contributed by atoms with Crippen molar-refractivity contribution in [2.24, 2.45) is 5.10 Å². The number of thioether (sulfide) groups is 1. The predicted molar refractivity (Wildman–Crippen MR) is 100 cm³/mol. The lowest BCUT2D eigenvalue weighted by Gasteiger charge is -2.22. The molecule has 1 aromatic heterocycles. The van der Waals surface area contributed by atoms with E-state index in [2.05, 4.69) is 32.8 Å². The standard InChI is InChI=1S/C18H18N6OS/c25-17(24-16(11-12-19-24)14-7-3-1-4-8-14)13-26-18-20-21-22-23(18)15-9-5-2-6-10-15/h1,3-5,7-10,12,16H,2,6,11,13H2. The van der Waals surface area contributed by atoms with Crippen LogP contribution in [-0.4, -0.2) is 43.1 Å². The predicted octanol–water partition coefficient (Wildman–Crippen LogP) is 2.92. The highest BCUT2D eigenvalue weighted by Crippen LogP contribution is 2.29. The Morgan fingerprint density at radius 1 is 1.23 bits per heavy atom. The minimum atomic E-state index is -0.0553. The molecule has 1 aliphatic carbocycles. The Morgan fingerprint density at radius 3 is 2.92 bits per heavy atom. The Hall–Kier alpha value is -2.74. The van der Waals surface area contributed by atoms with Gasteiger partial charge in [0.15, 0.2) is 0 Å². The van der Waals surface area contributed by atoms with Gasteiger partial charge >= 0.3 is 0 Å². The van der Waals surface area contributed by atoms with Crippen LogP contribution < -0.4 is 0 Å². The Balaban J connectivity index is 1.43. The summed E-state index contributed by atoms with van der Waals surface area (Å²) in [6.45, 7) is 0. The second kappa shape index (κ2) is 7.65. The molecule has 7 nitrogen and oxygen atoms in total. The van der Waals surface area contributed by atoms with E-state index in [4.69, 9.17) is 0 Å². The quantitative estimate of drug-likeness (QED) is 0.761. The average molecular weight is 366 g/mol. The number of nitrogens with zero attached hydrogens (tertiary/aromatic N) is 6. The van der Waals surface area contributed by atoms with Gasteiger partial charge in [0.2, 0.25) is 5.16 Å². The normalized spacial score (nSPS) is 19.0. The fourth-order valence-corrected chi connectivity index (χ4v) is 3.73. The molecule has 8 heteroatoms. The van der Waals surface area contributed by atoms with Crippen molar-refractivity contribution in [3.8, 4) is 0 Å². The van der Waals surface area contributed by atoms with Crippen LogP contribution in [0.25, 0.3) is 5.70 Å². The number of carbonyl (C=O) groups excluding carboxylic acids is 1. The molecule has 2 aliphatic rings. The molecule has 2 heterocycles. The molecule has 2 aromatic rings. The maximum absolute atomic E-state index is 12.7. The molecule has 0 spiro atoms. The molecular formula is C18H18N6OS. The first-order valence-corrected chi connectivity index (χ1v) is 9.49. The largest absolute Gasteiger partial charge is 0.272 e. The van der Waals surface area contributed by atoms with Gasteiger partial charge < -0.3 is 0 Å². The van der Waals surface area contributed by atoms with Crippen LogP contribution in [0.3, 0.4) is 0 Å². The first-order valence-electron chi connectivity index (χ1n) is 8.50. The van der Waals surface area contributed by atoms with E-state index in [1.807, 2.05) is 36.4 Å². The number of benzene rings is 1. The highest BCUT2D eigenvalue weighted by Gasteiger charge is 2.28. The van der Waals surface area contributed by atoms with Gasteiger partial charge in [0, 0.05) is 12.6 Å². The van der Waals surface area contributed by atoms with Crippen LogP contribution >= 0.6 is 11.8 Å². The number of tetrazole rings is 1. The first-order chi connectivity index (χ1) is 12.8. The van der Waals surface area contributed by atoms with Crippen LogP contribution in [0, 0.1) is 0 Å². The molecule has 0 bridgehead atoms. The van der Waals surface area contributed by atoms with Crippen LogP contribution in [0.2, 0.25) is 0 Å². The van der Waals surface area contributed by atoms with Crippen molar-refractivity contribution >= 4 is 29.6 Å². The Labute approximate surface area is 155 Å². The van der Waals surface area contributed by atoms with E-state index >= 15 is 0 Å². The average Bonchev–Trinajstić information content (AvgIpc) is 3.37. The molecule has 26 heavy (non-hydrogen) atoms.